The first kappa shape index (κ1) is 25.5. The van der Waals surface area contributed by atoms with Crippen molar-refractivity contribution in [3.63, 3.8) is 0 Å². The molecule has 0 heterocycles. The normalized spacial score (nSPS) is 13.5. The summed E-state index contributed by atoms with van der Waals surface area (Å²) >= 11 is 0. The summed E-state index contributed by atoms with van der Waals surface area (Å²) in [5, 5.41) is 0. The average Bonchev–Trinajstić information content (AvgIpc) is 2.49. The van der Waals surface area contributed by atoms with Gasteiger partial charge in [0.1, 0.15) is 11.5 Å². The minimum absolute atomic E-state index is 0.00861. The van der Waals surface area contributed by atoms with Gasteiger partial charge in [-0.2, -0.15) is 0 Å². The van der Waals surface area contributed by atoms with Crippen molar-refractivity contribution in [3.05, 3.63) is 57.6 Å². The molecule has 0 amide bonds. The van der Waals surface area contributed by atoms with E-state index in [0.29, 0.717) is 0 Å². The summed E-state index contributed by atoms with van der Waals surface area (Å²) in [6.45, 7) is 31.8. The van der Waals surface area contributed by atoms with Gasteiger partial charge in [-0.1, -0.05) is 95.2 Å². The van der Waals surface area contributed by atoms with Crippen molar-refractivity contribution in [2.75, 3.05) is 0 Å². The molecule has 0 fully saturated rings. The Kier molecular flexibility index (Phi) is 6.57. The van der Waals surface area contributed by atoms with Crippen molar-refractivity contribution in [2.45, 2.75) is 119 Å². The Balaban J connectivity index is 2.76. The lowest BCUT2D eigenvalue weighted by Crippen LogP contribution is -2.20. The molecule has 0 saturated heterocycles. The van der Waals surface area contributed by atoms with Crippen molar-refractivity contribution >= 4 is 0 Å². The Morgan fingerprint density at radius 1 is 0.419 bits per heavy atom. The first-order chi connectivity index (χ1) is 13.7. The number of ether oxygens (including phenoxy) is 1. The van der Waals surface area contributed by atoms with E-state index < -0.39 is 0 Å². The fourth-order valence-corrected chi connectivity index (χ4v) is 4.44. The van der Waals surface area contributed by atoms with E-state index in [1.54, 1.807) is 0 Å². The van der Waals surface area contributed by atoms with Gasteiger partial charge in [0.05, 0.1) is 0 Å². The molecule has 2 aromatic carbocycles. The maximum atomic E-state index is 6.79. The smallest absolute Gasteiger partial charge is 0.131 e. The Morgan fingerprint density at radius 2 is 0.677 bits per heavy atom. The molecule has 0 spiro atoms. The molecule has 31 heavy (non-hydrogen) atoms. The molecule has 0 bridgehead atoms. The van der Waals surface area contributed by atoms with E-state index in [9.17, 15) is 0 Å². The van der Waals surface area contributed by atoms with Gasteiger partial charge in [0.15, 0.2) is 0 Å². The second kappa shape index (κ2) is 7.98. The van der Waals surface area contributed by atoms with E-state index in [0.717, 1.165) is 11.5 Å². The van der Waals surface area contributed by atoms with Gasteiger partial charge in [0.2, 0.25) is 0 Å². The van der Waals surface area contributed by atoms with Crippen molar-refractivity contribution in [3.8, 4) is 11.5 Å². The molecular formula is C30H46O. The average molecular weight is 423 g/mol. The summed E-state index contributed by atoms with van der Waals surface area (Å²) in [7, 11) is 0. The van der Waals surface area contributed by atoms with E-state index in [1.807, 2.05) is 0 Å². The van der Waals surface area contributed by atoms with Crippen LogP contribution in [0.5, 0.6) is 11.5 Å². The first-order valence-electron chi connectivity index (χ1n) is 11.7. The van der Waals surface area contributed by atoms with Crippen LogP contribution in [0.15, 0.2) is 24.3 Å². The van der Waals surface area contributed by atoms with Gasteiger partial charge in [-0.15, -0.1) is 0 Å². The Morgan fingerprint density at radius 3 is 0.903 bits per heavy atom. The lowest BCUT2D eigenvalue weighted by atomic mass is 9.77. The largest absolute Gasteiger partial charge is 0.457 e. The van der Waals surface area contributed by atoms with Gasteiger partial charge in [-0.25, -0.2) is 0 Å². The molecule has 2 aromatic rings. The zero-order valence-electron chi connectivity index (χ0n) is 22.7. The predicted molar refractivity (Wildman–Crippen MR) is 137 cm³/mol. The number of hydrogen-bond acceptors (Lipinski definition) is 1. The number of aryl methyl sites for hydroxylation is 2. The van der Waals surface area contributed by atoms with Crippen molar-refractivity contribution in [1.29, 1.82) is 0 Å². The van der Waals surface area contributed by atoms with Crippen LogP contribution in [0.1, 0.15) is 116 Å². The quantitative estimate of drug-likeness (QED) is 0.468. The van der Waals surface area contributed by atoms with Crippen molar-refractivity contribution in [1.82, 2.24) is 0 Å². The highest BCUT2D eigenvalue weighted by molar-refractivity contribution is 5.53. The summed E-state index contributed by atoms with van der Waals surface area (Å²) in [6, 6.07) is 9.25. The number of hydrogen-bond donors (Lipinski definition) is 0. The molecule has 0 aliphatic rings. The lowest BCUT2D eigenvalue weighted by Gasteiger charge is -2.31. The summed E-state index contributed by atoms with van der Waals surface area (Å²) in [5.74, 6) is 1.96. The van der Waals surface area contributed by atoms with Crippen molar-refractivity contribution in [2.24, 2.45) is 0 Å². The maximum Gasteiger partial charge on any atom is 0.131 e. The van der Waals surface area contributed by atoms with E-state index in [-0.39, 0.29) is 21.7 Å². The van der Waals surface area contributed by atoms with Gasteiger partial charge in [0, 0.05) is 11.1 Å². The van der Waals surface area contributed by atoms with Crippen LogP contribution in [0.2, 0.25) is 0 Å². The zero-order valence-corrected chi connectivity index (χ0v) is 22.7. The SMILES string of the molecule is Cc1cc(Oc2cc(C)c(C(C)(C)C)cc2C(C)(C)C)c(C(C)(C)C)cc1C(C)(C)C. The van der Waals surface area contributed by atoms with E-state index in [4.69, 9.17) is 4.74 Å². The molecule has 0 unspecified atom stereocenters. The molecule has 0 radical (unpaired) electrons. The topological polar surface area (TPSA) is 9.23 Å². The molecule has 0 aromatic heterocycles. The molecule has 172 valence electrons. The van der Waals surface area contributed by atoms with Crippen LogP contribution in [0.25, 0.3) is 0 Å². The molecule has 0 aliphatic carbocycles. The van der Waals surface area contributed by atoms with Crippen LogP contribution in [-0.2, 0) is 21.7 Å². The molecule has 0 atom stereocenters. The molecule has 0 aliphatic heterocycles. The number of rotatable bonds is 2. The molecule has 0 saturated carbocycles. The first-order valence-corrected chi connectivity index (χ1v) is 11.7. The monoisotopic (exact) mass is 422 g/mol. The molecule has 1 nitrogen and oxygen atoms in total. The highest BCUT2D eigenvalue weighted by Crippen LogP contribution is 2.43. The van der Waals surface area contributed by atoms with Gasteiger partial charge in [0.25, 0.3) is 0 Å². The second-order valence-corrected chi connectivity index (χ2v) is 13.4. The van der Waals surface area contributed by atoms with Crippen LogP contribution in [-0.4, -0.2) is 0 Å². The van der Waals surface area contributed by atoms with E-state index in [1.165, 1.54) is 33.4 Å². The molecule has 1 heteroatoms. The van der Waals surface area contributed by atoms with Gasteiger partial charge >= 0.3 is 0 Å². The van der Waals surface area contributed by atoms with Crippen molar-refractivity contribution < 1.29 is 4.74 Å². The Bertz CT molecular complexity index is 869. The predicted octanol–water partition coefficient (Wildman–Crippen LogP) is 9.29. The standard InChI is InChI=1S/C30H46O/c1-19-15-25(23(29(9,10)11)17-21(19)27(3,4)5)31-26-16-20(2)22(28(6,7)8)18-24(26)30(12,13)14/h15-18H,1-14H3. The van der Waals surface area contributed by atoms with Crippen LogP contribution in [0.3, 0.4) is 0 Å². The third-order valence-corrected chi connectivity index (χ3v) is 6.11. The van der Waals surface area contributed by atoms with Gasteiger partial charge in [-0.3, -0.25) is 0 Å². The number of benzene rings is 2. The fraction of sp³-hybridized carbons (Fsp3) is 0.600. The molecule has 2 rings (SSSR count). The third kappa shape index (κ3) is 5.73. The lowest BCUT2D eigenvalue weighted by molar-refractivity contribution is 0.432. The molecule has 0 N–H and O–H groups in total. The Hall–Kier alpha value is -1.76. The summed E-state index contributed by atoms with van der Waals surface area (Å²) < 4.78 is 6.79. The van der Waals surface area contributed by atoms with Gasteiger partial charge in [-0.05, 0) is 69.9 Å². The third-order valence-electron chi connectivity index (χ3n) is 6.11. The van der Waals surface area contributed by atoms with Crippen LogP contribution in [0.4, 0.5) is 0 Å². The highest BCUT2D eigenvalue weighted by atomic mass is 16.5. The van der Waals surface area contributed by atoms with Crippen LogP contribution >= 0.6 is 0 Å². The summed E-state index contributed by atoms with van der Waals surface area (Å²) in [4.78, 5) is 0. The Labute approximate surface area is 192 Å². The fourth-order valence-electron chi connectivity index (χ4n) is 4.44. The summed E-state index contributed by atoms with van der Waals surface area (Å²) in [6.07, 6.45) is 0. The van der Waals surface area contributed by atoms with Crippen LogP contribution < -0.4 is 4.74 Å². The van der Waals surface area contributed by atoms with Crippen LogP contribution in [0, 0.1) is 13.8 Å². The highest BCUT2D eigenvalue weighted by Gasteiger charge is 2.28. The minimum Gasteiger partial charge on any atom is -0.457 e. The maximum absolute atomic E-state index is 6.79. The molecular weight excluding hydrogens is 376 g/mol. The summed E-state index contributed by atoms with van der Waals surface area (Å²) in [5.41, 5.74) is 8.07. The van der Waals surface area contributed by atoms with Gasteiger partial charge < -0.3 is 4.74 Å². The van der Waals surface area contributed by atoms with E-state index >= 15 is 0 Å². The van der Waals surface area contributed by atoms with E-state index in [2.05, 4.69) is 121 Å². The second-order valence-electron chi connectivity index (χ2n) is 13.4. The minimum atomic E-state index is -0.00861. The zero-order chi connectivity index (χ0) is 24.2.